The molecular formula is C13H24. The summed E-state index contributed by atoms with van der Waals surface area (Å²) in [5.41, 5.74) is 0.649. The van der Waals surface area contributed by atoms with Crippen LogP contribution in [0.3, 0.4) is 0 Å². The van der Waals surface area contributed by atoms with Gasteiger partial charge >= 0.3 is 0 Å². The molecule has 0 aromatic rings. The Morgan fingerprint density at radius 1 is 1.08 bits per heavy atom. The minimum absolute atomic E-state index is 0.255. The van der Waals surface area contributed by atoms with Crippen LogP contribution in [0, 0.1) is 10.8 Å². The van der Waals surface area contributed by atoms with Crippen LogP contribution in [0.1, 0.15) is 47.0 Å². The zero-order valence-electron chi connectivity index (χ0n) is 9.69. The third-order valence-corrected chi connectivity index (χ3v) is 2.51. The number of hydrogen-bond donors (Lipinski definition) is 0. The van der Waals surface area contributed by atoms with Gasteiger partial charge in [0.2, 0.25) is 0 Å². The van der Waals surface area contributed by atoms with Crippen LogP contribution in [0.15, 0.2) is 25.3 Å². The van der Waals surface area contributed by atoms with Crippen LogP contribution in [-0.4, -0.2) is 0 Å². The zero-order chi connectivity index (χ0) is 10.5. The Kier molecular flexibility index (Phi) is 4.46. The van der Waals surface area contributed by atoms with E-state index in [1.807, 2.05) is 6.08 Å². The molecule has 0 unspecified atom stereocenters. The van der Waals surface area contributed by atoms with Crippen LogP contribution in [0.4, 0.5) is 0 Å². The topological polar surface area (TPSA) is 0 Å². The summed E-state index contributed by atoms with van der Waals surface area (Å²) in [5.74, 6) is 0. The van der Waals surface area contributed by atoms with E-state index in [-0.39, 0.29) is 5.41 Å². The van der Waals surface area contributed by atoms with Gasteiger partial charge in [-0.15, -0.1) is 13.2 Å². The van der Waals surface area contributed by atoms with Crippen LogP contribution in [0.2, 0.25) is 0 Å². The van der Waals surface area contributed by atoms with E-state index in [2.05, 4.69) is 46.9 Å². The van der Waals surface area contributed by atoms with Crippen molar-refractivity contribution in [2.45, 2.75) is 47.0 Å². The molecule has 0 heterocycles. The Balaban J connectivity index is 4.14. The van der Waals surface area contributed by atoms with Crippen molar-refractivity contribution < 1.29 is 0 Å². The molecule has 0 aromatic carbocycles. The lowest BCUT2D eigenvalue weighted by atomic mass is 9.73. The molecule has 0 N–H and O–H groups in total. The summed E-state index contributed by atoms with van der Waals surface area (Å²) >= 11 is 0. The Morgan fingerprint density at radius 3 is 2.00 bits per heavy atom. The molecule has 0 fully saturated rings. The van der Waals surface area contributed by atoms with Gasteiger partial charge in [-0.3, -0.25) is 0 Å². The monoisotopic (exact) mass is 180 g/mol. The maximum absolute atomic E-state index is 3.88. The van der Waals surface area contributed by atoms with E-state index in [1.54, 1.807) is 0 Å². The molecule has 0 aliphatic heterocycles. The first-order valence-corrected chi connectivity index (χ1v) is 5.07. The quantitative estimate of drug-likeness (QED) is 0.525. The first-order chi connectivity index (χ1) is 5.83. The summed E-state index contributed by atoms with van der Waals surface area (Å²) in [6, 6.07) is 0. The van der Waals surface area contributed by atoms with Gasteiger partial charge in [0.05, 0.1) is 0 Å². The van der Waals surface area contributed by atoms with Crippen LogP contribution in [-0.2, 0) is 0 Å². The lowest BCUT2D eigenvalue weighted by molar-refractivity contribution is 0.223. The van der Waals surface area contributed by atoms with E-state index in [4.69, 9.17) is 0 Å². The van der Waals surface area contributed by atoms with Gasteiger partial charge in [0.15, 0.2) is 0 Å². The van der Waals surface area contributed by atoms with Crippen molar-refractivity contribution in [1.29, 1.82) is 0 Å². The number of hydrogen-bond acceptors (Lipinski definition) is 0. The Labute approximate surface area is 83.7 Å². The molecule has 0 bridgehead atoms. The summed E-state index contributed by atoms with van der Waals surface area (Å²) in [5, 5.41) is 0. The largest absolute Gasteiger partial charge is 0.103 e. The minimum atomic E-state index is 0.255. The molecule has 0 heteroatoms. The molecule has 0 amide bonds. The molecule has 0 aliphatic carbocycles. The average Bonchev–Trinajstić information content (AvgIpc) is 1.99. The molecule has 0 nitrogen and oxygen atoms in total. The fourth-order valence-electron chi connectivity index (χ4n) is 1.89. The van der Waals surface area contributed by atoms with Crippen LogP contribution >= 0.6 is 0 Å². The molecule has 13 heavy (non-hydrogen) atoms. The maximum Gasteiger partial charge on any atom is -0.0172 e. The molecule has 0 aromatic heterocycles. The van der Waals surface area contributed by atoms with Crippen molar-refractivity contribution in [1.82, 2.24) is 0 Å². The van der Waals surface area contributed by atoms with Gasteiger partial charge in [-0.2, -0.15) is 0 Å². The number of allylic oxidation sites excluding steroid dienone is 2. The highest BCUT2D eigenvalue weighted by Crippen LogP contribution is 2.37. The van der Waals surface area contributed by atoms with Gasteiger partial charge < -0.3 is 0 Å². The maximum atomic E-state index is 3.88. The average molecular weight is 180 g/mol. The van der Waals surface area contributed by atoms with Crippen molar-refractivity contribution in [3.63, 3.8) is 0 Å². The second-order valence-electron chi connectivity index (χ2n) is 5.36. The summed E-state index contributed by atoms with van der Waals surface area (Å²) in [6.07, 6.45) is 7.58. The molecule has 0 saturated heterocycles. The van der Waals surface area contributed by atoms with E-state index in [1.165, 1.54) is 12.8 Å². The fraction of sp³-hybridized carbons (Fsp3) is 0.692. The van der Waals surface area contributed by atoms with E-state index in [0.717, 1.165) is 6.42 Å². The Bertz CT molecular complexity index is 172. The first-order valence-electron chi connectivity index (χ1n) is 5.07. The van der Waals surface area contributed by atoms with E-state index >= 15 is 0 Å². The third kappa shape index (κ3) is 5.68. The second kappa shape index (κ2) is 4.64. The predicted molar refractivity (Wildman–Crippen MR) is 61.8 cm³/mol. The summed E-state index contributed by atoms with van der Waals surface area (Å²) < 4.78 is 0. The lowest BCUT2D eigenvalue weighted by Gasteiger charge is -2.32. The molecule has 0 saturated carbocycles. The smallest absolute Gasteiger partial charge is 0.0172 e. The summed E-state index contributed by atoms with van der Waals surface area (Å²) in [4.78, 5) is 0. The van der Waals surface area contributed by atoms with Crippen molar-refractivity contribution in [2.24, 2.45) is 10.8 Å². The molecule has 0 aliphatic rings. The van der Waals surface area contributed by atoms with Crippen molar-refractivity contribution in [3.8, 4) is 0 Å². The molecular weight excluding hydrogens is 156 g/mol. The molecule has 76 valence electrons. The SMILES string of the molecule is C=CCCC(C)(C)CC(C)(C)C=C. The minimum Gasteiger partial charge on any atom is -0.103 e. The number of rotatable bonds is 6. The fourth-order valence-corrected chi connectivity index (χ4v) is 1.89. The van der Waals surface area contributed by atoms with Crippen LogP contribution in [0.5, 0.6) is 0 Å². The van der Waals surface area contributed by atoms with Gasteiger partial charge in [0.1, 0.15) is 0 Å². The highest BCUT2D eigenvalue weighted by atomic mass is 14.3. The van der Waals surface area contributed by atoms with E-state index in [9.17, 15) is 0 Å². The Morgan fingerprint density at radius 2 is 1.62 bits per heavy atom. The molecule has 0 atom stereocenters. The molecule has 0 radical (unpaired) electrons. The van der Waals surface area contributed by atoms with Gasteiger partial charge in [0.25, 0.3) is 0 Å². The summed E-state index contributed by atoms with van der Waals surface area (Å²) in [6.45, 7) is 16.8. The van der Waals surface area contributed by atoms with Crippen molar-refractivity contribution in [2.75, 3.05) is 0 Å². The standard InChI is InChI=1S/C13H24/c1-7-9-10-13(5,6)11-12(3,4)8-2/h7-8H,1-2,9-11H2,3-6H3. The second-order valence-corrected chi connectivity index (χ2v) is 5.36. The van der Waals surface area contributed by atoms with Crippen LogP contribution < -0.4 is 0 Å². The first kappa shape index (κ1) is 12.5. The zero-order valence-corrected chi connectivity index (χ0v) is 9.69. The van der Waals surface area contributed by atoms with Gasteiger partial charge in [-0.1, -0.05) is 39.8 Å². The third-order valence-electron chi connectivity index (χ3n) is 2.51. The lowest BCUT2D eigenvalue weighted by Crippen LogP contribution is -2.21. The summed E-state index contributed by atoms with van der Waals surface area (Å²) in [7, 11) is 0. The van der Waals surface area contributed by atoms with Crippen LogP contribution in [0.25, 0.3) is 0 Å². The predicted octanol–water partition coefficient (Wildman–Crippen LogP) is 4.58. The van der Waals surface area contributed by atoms with E-state index in [0.29, 0.717) is 5.41 Å². The Hall–Kier alpha value is -0.520. The molecule has 0 spiro atoms. The highest BCUT2D eigenvalue weighted by molar-refractivity contribution is 4.92. The van der Waals surface area contributed by atoms with Crippen molar-refractivity contribution >= 4 is 0 Å². The van der Waals surface area contributed by atoms with Gasteiger partial charge in [-0.05, 0) is 30.1 Å². The van der Waals surface area contributed by atoms with Crippen molar-refractivity contribution in [3.05, 3.63) is 25.3 Å². The molecule has 0 rings (SSSR count). The van der Waals surface area contributed by atoms with Gasteiger partial charge in [-0.25, -0.2) is 0 Å². The van der Waals surface area contributed by atoms with Gasteiger partial charge in [0, 0.05) is 0 Å². The normalized spacial score (nSPS) is 12.6. The van der Waals surface area contributed by atoms with E-state index < -0.39 is 0 Å². The highest BCUT2D eigenvalue weighted by Gasteiger charge is 2.25.